The standard InChI is InChI=1S/C24H20ClN3O2/c1-15-7-6-10-18(13-15)26-24(30)27-22-21(16-8-4-3-5-9-16)20-14-17(25)11-12-19(20)23(29)28(22)2/h3-14H,1-2H3,(H2,26,27,30). The van der Waals surface area contributed by atoms with E-state index in [9.17, 15) is 9.59 Å². The highest BCUT2D eigenvalue weighted by Crippen LogP contribution is 2.35. The van der Waals surface area contributed by atoms with Gasteiger partial charge in [0.25, 0.3) is 5.56 Å². The minimum absolute atomic E-state index is 0.216. The number of aryl methyl sites for hydroxylation is 1. The number of pyridine rings is 1. The number of urea groups is 1. The van der Waals surface area contributed by atoms with Crippen molar-refractivity contribution in [3.05, 3.63) is 93.7 Å². The summed E-state index contributed by atoms with van der Waals surface area (Å²) in [5, 5.41) is 7.42. The zero-order chi connectivity index (χ0) is 21.3. The first-order valence-electron chi connectivity index (χ1n) is 9.46. The summed E-state index contributed by atoms with van der Waals surface area (Å²) in [4.78, 5) is 25.8. The van der Waals surface area contributed by atoms with Crippen LogP contribution < -0.4 is 16.2 Å². The van der Waals surface area contributed by atoms with E-state index in [1.807, 2.05) is 61.5 Å². The third kappa shape index (κ3) is 3.80. The summed E-state index contributed by atoms with van der Waals surface area (Å²) in [5.74, 6) is 0.395. The molecule has 0 saturated heterocycles. The summed E-state index contributed by atoms with van der Waals surface area (Å²) < 4.78 is 1.45. The van der Waals surface area contributed by atoms with Crippen LogP contribution in [0.2, 0.25) is 5.02 Å². The van der Waals surface area contributed by atoms with Crippen LogP contribution in [0.4, 0.5) is 16.3 Å². The lowest BCUT2D eigenvalue weighted by Gasteiger charge is -2.19. The molecule has 0 radical (unpaired) electrons. The molecule has 4 rings (SSSR count). The second kappa shape index (κ2) is 8.05. The summed E-state index contributed by atoms with van der Waals surface area (Å²) in [7, 11) is 1.64. The fourth-order valence-corrected chi connectivity index (χ4v) is 3.70. The van der Waals surface area contributed by atoms with E-state index in [-0.39, 0.29) is 5.56 Å². The van der Waals surface area contributed by atoms with Gasteiger partial charge in [-0.05, 0) is 48.4 Å². The molecule has 0 spiro atoms. The van der Waals surface area contributed by atoms with Gasteiger partial charge in [-0.25, -0.2) is 4.79 Å². The molecule has 1 aromatic heterocycles. The lowest BCUT2D eigenvalue weighted by atomic mass is 9.99. The van der Waals surface area contributed by atoms with Crippen LogP contribution in [0, 0.1) is 6.92 Å². The van der Waals surface area contributed by atoms with Gasteiger partial charge in [0.05, 0.1) is 0 Å². The smallest absolute Gasteiger partial charge is 0.308 e. The Morgan fingerprint density at radius 1 is 0.900 bits per heavy atom. The van der Waals surface area contributed by atoms with Crippen molar-refractivity contribution in [2.75, 3.05) is 10.6 Å². The number of hydrogen-bond donors (Lipinski definition) is 2. The van der Waals surface area contributed by atoms with Gasteiger partial charge < -0.3 is 5.32 Å². The molecule has 2 N–H and O–H groups in total. The van der Waals surface area contributed by atoms with Gasteiger partial charge in [-0.3, -0.25) is 14.7 Å². The second-order valence-electron chi connectivity index (χ2n) is 7.09. The third-order valence-corrected chi connectivity index (χ3v) is 5.16. The molecule has 3 aromatic carbocycles. The van der Waals surface area contributed by atoms with Crippen molar-refractivity contribution in [3.63, 3.8) is 0 Å². The Bertz CT molecular complexity index is 1310. The number of aromatic nitrogens is 1. The van der Waals surface area contributed by atoms with E-state index >= 15 is 0 Å². The molecule has 2 amide bonds. The van der Waals surface area contributed by atoms with Crippen LogP contribution in [0.25, 0.3) is 21.9 Å². The first-order chi connectivity index (χ1) is 14.4. The molecule has 30 heavy (non-hydrogen) atoms. The number of halogens is 1. The maximum atomic E-state index is 13.0. The van der Waals surface area contributed by atoms with Gasteiger partial charge in [-0.1, -0.05) is 54.1 Å². The van der Waals surface area contributed by atoms with Gasteiger partial charge in [0.1, 0.15) is 5.82 Å². The van der Waals surface area contributed by atoms with Crippen molar-refractivity contribution in [1.82, 2.24) is 4.57 Å². The number of carbonyl (C=O) groups excluding carboxylic acids is 1. The van der Waals surface area contributed by atoms with E-state index in [1.54, 1.807) is 25.2 Å². The lowest BCUT2D eigenvalue weighted by Crippen LogP contribution is -2.27. The summed E-state index contributed by atoms with van der Waals surface area (Å²) in [6, 6.07) is 21.8. The summed E-state index contributed by atoms with van der Waals surface area (Å²) in [6.07, 6.45) is 0. The van der Waals surface area contributed by atoms with Crippen molar-refractivity contribution in [1.29, 1.82) is 0 Å². The van der Waals surface area contributed by atoms with Crippen LogP contribution in [0.1, 0.15) is 5.56 Å². The summed E-state index contributed by atoms with van der Waals surface area (Å²) >= 11 is 6.24. The molecule has 1 heterocycles. The van der Waals surface area contributed by atoms with Crippen LogP contribution in [0.5, 0.6) is 0 Å². The van der Waals surface area contributed by atoms with E-state index in [0.29, 0.717) is 27.3 Å². The first kappa shape index (κ1) is 19.7. The van der Waals surface area contributed by atoms with Gasteiger partial charge in [0.15, 0.2) is 0 Å². The van der Waals surface area contributed by atoms with Crippen molar-refractivity contribution < 1.29 is 4.79 Å². The maximum Gasteiger partial charge on any atom is 0.324 e. The maximum absolute atomic E-state index is 13.0. The Hall–Kier alpha value is -3.57. The van der Waals surface area contributed by atoms with E-state index in [4.69, 9.17) is 11.6 Å². The fourth-order valence-electron chi connectivity index (χ4n) is 3.52. The minimum Gasteiger partial charge on any atom is -0.308 e. The predicted octanol–water partition coefficient (Wildman–Crippen LogP) is 5.81. The average molecular weight is 418 g/mol. The molecule has 5 nitrogen and oxygen atoms in total. The highest BCUT2D eigenvalue weighted by molar-refractivity contribution is 6.31. The highest BCUT2D eigenvalue weighted by atomic mass is 35.5. The molecule has 0 aliphatic heterocycles. The minimum atomic E-state index is -0.436. The van der Waals surface area contributed by atoms with Crippen LogP contribution >= 0.6 is 11.6 Å². The summed E-state index contributed by atoms with van der Waals surface area (Å²) in [6.45, 7) is 1.95. The van der Waals surface area contributed by atoms with Gasteiger partial charge in [0, 0.05) is 34.1 Å². The number of amides is 2. The third-order valence-electron chi connectivity index (χ3n) is 4.93. The fraction of sp³-hybridized carbons (Fsp3) is 0.0833. The van der Waals surface area contributed by atoms with Crippen molar-refractivity contribution in [2.45, 2.75) is 6.92 Å². The first-order valence-corrected chi connectivity index (χ1v) is 9.84. The van der Waals surface area contributed by atoms with Crippen LogP contribution in [-0.2, 0) is 7.05 Å². The van der Waals surface area contributed by atoms with Gasteiger partial charge >= 0.3 is 6.03 Å². The molecule has 0 bridgehead atoms. The SMILES string of the molecule is Cc1cccc(NC(=O)Nc2c(-c3ccccc3)c3cc(Cl)ccc3c(=O)n2C)c1. The Labute approximate surface area is 178 Å². The quantitative estimate of drug-likeness (QED) is 0.441. The number of rotatable bonds is 3. The number of nitrogens with one attached hydrogen (secondary N) is 2. The molecule has 0 aliphatic rings. The molecular weight excluding hydrogens is 398 g/mol. The molecule has 150 valence electrons. The van der Waals surface area contributed by atoms with E-state index in [1.165, 1.54) is 4.57 Å². The number of carbonyl (C=O) groups is 1. The second-order valence-corrected chi connectivity index (χ2v) is 7.53. The Kier molecular flexibility index (Phi) is 5.29. The van der Waals surface area contributed by atoms with Crippen molar-refractivity contribution in [3.8, 4) is 11.1 Å². The highest BCUT2D eigenvalue weighted by Gasteiger charge is 2.18. The lowest BCUT2D eigenvalue weighted by molar-refractivity contribution is 0.262. The molecule has 0 fully saturated rings. The van der Waals surface area contributed by atoms with Gasteiger partial charge in [0.2, 0.25) is 0 Å². The topological polar surface area (TPSA) is 63.1 Å². The molecule has 0 aliphatic carbocycles. The number of hydrogen-bond acceptors (Lipinski definition) is 2. The molecular formula is C24H20ClN3O2. The average Bonchev–Trinajstić information content (AvgIpc) is 2.72. The number of benzene rings is 3. The summed E-state index contributed by atoms with van der Waals surface area (Å²) in [5.41, 5.74) is 3.08. The van der Waals surface area contributed by atoms with E-state index in [0.717, 1.165) is 16.7 Å². The normalized spacial score (nSPS) is 10.8. The molecule has 6 heteroatoms. The Morgan fingerprint density at radius 2 is 1.67 bits per heavy atom. The van der Waals surface area contributed by atoms with Gasteiger partial charge in [-0.15, -0.1) is 0 Å². The monoisotopic (exact) mass is 417 g/mol. The van der Waals surface area contributed by atoms with Crippen LogP contribution in [0.3, 0.4) is 0 Å². The Morgan fingerprint density at radius 3 is 2.40 bits per heavy atom. The van der Waals surface area contributed by atoms with Crippen molar-refractivity contribution in [2.24, 2.45) is 7.05 Å². The van der Waals surface area contributed by atoms with E-state index in [2.05, 4.69) is 10.6 Å². The van der Waals surface area contributed by atoms with Gasteiger partial charge in [-0.2, -0.15) is 0 Å². The zero-order valence-electron chi connectivity index (χ0n) is 16.6. The number of anilines is 2. The number of nitrogens with zero attached hydrogens (tertiary/aromatic N) is 1. The molecule has 4 aromatic rings. The molecule has 0 saturated carbocycles. The zero-order valence-corrected chi connectivity index (χ0v) is 17.3. The number of fused-ring (bicyclic) bond motifs is 1. The van der Waals surface area contributed by atoms with E-state index < -0.39 is 6.03 Å². The molecule has 0 atom stereocenters. The molecule has 0 unspecified atom stereocenters. The van der Waals surface area contributed by atoms with Crippen molar-refractivity contribution >= 4 is 39.9 Å². The van der Waals surface area contributed by atoms with Crippen LogP contribution in [0.15, 0.2) is 77.6 Å². The largest absolute Gasteiger partial charge is 0.324 e. The van der Waals surface area contributed by atoms with Crippen LogP contribution in [-0.4, -0.2) is 10.6 Å². The Balaban J connectivity index is 1.87. The predicted molar refractivity (Wildman–Crippen MR) is 123 cm³/mol.